The van der Waals surface area contributed by atoms with Crippen LogP contribution in [0, 0.1) is 5.95 Å². The van der Waals surface area contributed by atoms with E-state index in [4.69, 9.17) is 0 Å². The van der Waals surface area contributed by atoms with Gasteiger partial charge in [-0.15, -0.1) is 5.10 Å². The zero-order chi connectivity index (χ0) is 26.1. The molecule has 11 heteroatoms. The summed E-state index contributed by atoms with van der Waals surface area (Å²) in [6, 6.07) is 10.7. The summed E-state index contributed by atoms with van der Waals surface area (Å²) in [7, 11) is 3.60. The number of halogens is 2. The Labute approximate surface area is 213 Å². The van der Waals surface area contributed by atoms with Crippen molar-refractivity contribution in [2.45, 2.75) is 50.0 Å². The summed E-state index contributed by atoms with van der Waals surface area (Å²) < 4.78 is 29.3. The molecule has 0 spiro atoms. The SMILES string of the molecule is CN(C)c1cnn(CC(=O)N2C[C@H](F)C[C@H]2C(=O)N[C@H](c2ccccc2)c2ccc(C3CC3)c(F)n2)n1. The Kier molecular flexibility index (Phi) is 6.86. The molecule has 9 nitrogen and oxygen atoms in total. The van der Waals surface area contributed by atoms with Gasteiger partial charge in [0.15, 0.2) is 5.82 Å². The van der Waals surface area contributed by atoms with Gasteiger partial charge in [-0.3, -0.25) is 9.59 Å². The molecule has 1 aliphatic carbocycles. The molecule has 0 bridgehead atoms. The molecule has 2 amide bonds. The molecule has 194 valence electrons. The molecule has 1 saturated heterocycles. The normalized spacial score (nSPS) is 20.1. The van der Waals surface area contributed by atoms with E-state index in [-0.39, 0.29) is 25.4 Å². The van der Waals surface area contributed by atoms with E-state index < -0.39 is 36.0 Å². The first-order valence-electron chi connectivity index (χ1n) is 12.3. The third kappa shape index (κ3) is 5.45. The largest absolute Gasteiger partial charge is 0.360 e. The summed E-state index contributed by atoms with van der Waals surface area (Å²) in [5, 5.41) is 11.2. The lowest BCUT2D eigenvalue weighted by atomic mass is 10.0. The van der Waals surface area contributed by atoms with E-state index in [9.17, 15) is 18.4 Å². The molecule has 2 aliphatic rings. The molecule has 3 heterocycles. The number of nitrogens with one attached hydrogen (secondary N) is 1. The molecule has 3 atom stereocenters. The average Bonchev–Trinajstić information content (AvgIpc) is 3.47. The Bertz CT molecular complexity index is 1280. The van der Waals surface area contributed by atoms with Crippen molar-refractivity contribution < 1.29 is 18.4 Å². The van der Waals surface area contributed by atoms with Crippen molar-refractivity contribution in [2.75, 3.05) is 25.5 Å². The fraction of sp³-hybridized carbons (Fsp3) is 0.423. The van der Waals surface area contributed by atoms with Crippen LogP contribution in [-0.4, -0.2) is 69.5 Å². The van der Waals surface area contributed by atoms with E-state index in [1.54, 1.807) is 43.3 Å². The third-order valence-corrected chi connectivity index (χ3v) is 6.76. The van der Waals surface area contributed by atoms with Crippen LogP contribution in [0.25, 0.3) is 0 Å². The van der Waals surface area contributed by atoms with E-state index in [2.05, 4.69) is 20.5 Å². The minimum atomic E-state index is -1.34. The second kappa shape index (κ2) is 10.2. The summed E-state index contributed by atoms with van der Waals surface area (Å²) in [4.78, 5) is 34.8. The molecule has 1 N–H and O–H groups in total. The first-order valence-corrected chi connectivity index (χ1v) is 12.3. The lowest BCUT2D eigenvalue weighted by Gasteiger charge is -2.26. The second-order valence-electron chi connectivity index (χ2n) is 9.77. The van der Waals surface area contributed by atoms with Crippen LogP contribution < -0.4 is 10.2 Å². The summed E-state index contributed by atoms with van der Waals surface area (Å²) in [6.07, 6.45) is 1.93. The van der Waals surface area contributed by atoms with Crippen LogP contribution in [0.4, 0.5) is 14.6 Å². The Balaban J connectivity index is 1.36. The van der Waals surface area contributed by atoms with Gasteiger partial charge >= 0.3 is 0 Å². The lowest BCUT2D eigenvalue weighted by Crippen LogP contribution is -2.48. The maximum absolute atomic E-state index is 14.8. The Hall–Kier alpha value is -3.89. The zero-order valence-electron chi connectivity index (χ0n) is 20.7. The first-order chi connectivity index (χ1) is 17.8. The number of nitrogens with zero attached hydrogens (tertiary/aromatic N) is 6. The van der Waals surface area contributed by atoms with Crippen molar-refractivity contribution in [3.63, 3.8) is 0 Å². The highest BCUT2D eigenvalue weighted by atomic mass is 19.1. The van der Waals surface area contributed by atoms with Crippen LogP contribution in [0.2, 0.25) is 0 Å². The fourth-order valence-corrected chi connectivity index (χ4v) is 4.62. The number of carbonyl (C=O) groups excluding carboxylic acids is 2. The van der Waals surface area contributed by atoms with Gasteiger partial charge in [0.25, 0.3) is 0 Å². The number of pyridine rings is 1. The number of alkyl halides is 1. The van der Waals surface area contributed by atoms with E-state index >= 15 is 0 Å². The standard InChI is InChI=1S/C26H29F2N7O2/c1-33(2)22-13-29-35(32-22)15-23(36)34-14-18(27)12-21(34)26(37)31-24(17-6-4-3-5-7-17)20-11-10-19(16-8-9-16)25(28)30-20/h3-7,10-11,13,16,18,21,24H,8-9,12,14-15H2,1-2H3,(H,31,37)/t18-,21+,24-/m1/s1. The molecule has 37 heavy (non-hydrogen) atoms. The van der Waals surface area contributed by atoms with Gasteiger partial charge in [-0.25, -0.2) is 9.37 Å². The van der Waals surface area contributed by atoms with E-state index in [1.165, 1.54) is 15.9 Å². The molecule has 2 aromatic heterocycles. The quantitative estimate of drug-likeness (QED) is 0.469. The zero-order valence-corrected chi connectivity index (χ0v) is 20.7. The van der Waals surface area contributed by atoms with Crippen LogP contribution in [-0.2, 0) is 16.1 Å². The van der Waals surface area contributed by atoms with Gasteiger partial charge in [0.2, 0.25) is 17.8 Å². The highest BCUT2D eigenvalue weighted by Gasteiger charge is 2.41. The predicted molar refractivity (Wildman–Crippen MR) is 132 cm³/mol. The Morgan fingerprint density at radius 2 is 1.92 bits per heavy atom. The number of aromatic nitrogens is 4. The van der Waals surface area contributed by atoms with Crippen molar-refractivity contribution in [3.8, 4) is 0 Å². The second-order valence-corrected chi connectivity index (χ2v) is 9.77. The number of amides is 2. The van der Waals surface area contributed by atoms with Gasteiger partial charge < -0.3 is 15.1 Å². The van der Waals surface area contributed by atoms with Gasteiger partial charge in [-0.1, -0.05) is 36.4 Å². The molecule has 2 fully saturated rings. The fourth-order valence-electron chi connectivity index (χ4n) is 4.62. The van der Waals surface area contributed by atoms with Crippen molar-refractivity contribution in [1.82, 2.24) is 30.2 Å². The van der Waals surface area contributed by atoms with Crippen LogP contribution >= 0.6 is 0 Å². The number of anilines is 1. The number of benzene rings is 1. The van der Waals surface area contributed by atoms with E-state index in [0.717, 1.165) is 12.8 Å². The summed E-state index contributed by atoms with van der Waals surface area (Å²) in [5.41, 5.74) is 1.62. The monoisotopic (exact) mass is 509 g/mol. The van der Waals surface area contributed by atoms with Crippen molar-refractivity contribution in [3.05, 3.63) is 71.4 Å². The van der Waals surface area contributed by atoms with Gasteiger partial charge in [0, 0.05) is 26.1 Å². The summed E-state index contributed by atoms with van der Waals surface area (Å²) in [6.45, 7) is -0.417. The Morgan fingerprint density at radius 1 is 1.16 bits per heavy atom. The molecular formula is C26H29F2N7O2. The highest BCUT2D eigenvalue weighted by molar-refractivity contribution is 5.88. The molecular weight excluding hydrogens is 480 g/mol. The maximum atomic E-state index is 14.8. The smallest absolute Gasteiger partial charge is 0.246 e. The van der Waals surface area contributed by atoms with Gasteiger partial charge in [0.1, 0.15) is 18.8 Å². The number of hydrogen-bond acceptors (Lipinski definition) is 6. The van der Waals surface area contributed by atoms with E-state index in [1.807, 2.05) is 18.2 Å². The average molecular weight is 510 g/mol. The van der Waals surface area contributed by atoms with Crippen molar-refractivity contribution in [1.29, 1.82) is 0 Å². The van der Waals surface area contributed by atoms with Crippen LogP contribution in [0.15, 0.2) is 48.7 Å². The van der Waals surface area contributed by atoms with Gasteiger partial charge in [-0.2, -0.15) is 14.3 Å². The van der Waals surface area contributed by atoms with E-state index in [0.29, 0.717) is 22.6 Å². The molecule has 3 aromatic rings. The molecule has 0 radical (unpaired) electrons. The highest BCUT2D eigenvalue weighted by Crippen LogP contribution is 2.41. The van der Waals surface area contributed by atoms with Crippen molar-refractivity contribution >= 4 is 17.6 Å². The third-order valence-electron chi connectivity index (χ3n) is 6.76. The van der Waals surface area contributed by atoms with Crippen LogP contribution in [0.1, 0.15) is 48.0 Å². The van der Waals surface area contributed by atoms with Crippen LogP contribution in [0.5, 0.6) is 0 Å². The molecule has 1 aliphatic heterocycles. The van der Waals surface area contributed by atoms with Gasteiger partial charge in [0.05, 0.1) is 24.5 Å². The summed E-state index contributed by atoms with van der Waals surface area (Å²) in [5.74, 6) is -0.761. The summed E-state index contributed by atoms with van der Waals surface area (Å²) >= 11 is 0. The molecule has 0 unspecified atom stereocenters. The minimum Gasteiger partial charge on any atom is -0.360 e. The van der Waals surface area contributed by atoms with Crippen molar-refractivity contribution in [2.24, 2.45) is 0 Å². The topological polar surface area (TPSA) is 96.2 Å². The lowest BCUT2D eigenvalue weighted by molar-refractivity contribution is -0.139. The van der Waals surface area contributed by atoms with Crippen LogP contribution in [0.3, 0.4) is 0 Å². The number of rotatable bonds is 8. The molecule has 5 rings (SSSR count). The maximum Gasteiger partial charge on any atom is 0.246 e. The first kappa shape index (κ1) is 24.8. The number of carbonyl (C=O) groups is 2. The van der Waals surface area contributed by atoms with Gasteiger partial charge in [-0.05, 0) is 30.4 Å². The number of hydrogen-bond donors (Lipinski definition) is 1. The number of likely N-dealkylation sites (tertiary alicyclic amines) is 1. The molecule has 1 saturated carbocycles. The molecule has 1 aromatic carbocycles. The minimum absolute atomic E-state index is 0.128. The predicted octanol–water partition coefficient (Wildman–Crippen LogP) is 2.60. The Morgan fingerprint density at radius 3 is 2.57 bits per heavy atom.